The average molecular weight is 485 g/mol. The Morgan fingerprint density at radius 3 is 2.36 bits per heavy atom. The largest absolute Gasteiger partial charge is 0.340 e. The number of hydrogen-bond acceptors (Lipinski definition) is 5. The van der Waals surface area contributed by atoms with Crippen LogP contribution in [-0.4, -0.2) is 56.7 Å². The molecule has 3 heterocycles. The fourth-order valence-electron chi connectivity index (χ4n) is 4.79. The van der Waals surface area contributed by atoms with Gasteiger partial charge in [0.15, 0.2) is 11.2 Å². The monoisotopic (exact) mass is 484 g/mol. The lowest BCUT2D eigenvalue weighted by Gasteiger charge is -2.35. The van der Waals surface area contributed by atoms with E-state index in [2.05, 4.69) is 51.2 Å². The third kappa shape index (κ3) is 5.18. The number of aryl methyl sites for hydroxylation is 3. The van der Waals surface area contributed by atoms with E-state index in [4.69, 9.17) is 4.98 Å². The van der Waals surface area contributed by atoms with Crippen LogP contribution in [0, 0.1) is 0 Å². The highest BCUT2D eigenvalue weighted by atomic mass is 16.2. The maximum absolute atomic E-state index is 12.8. The third-order valence-corrected chi connectivity index (χ3v) is 6.81. The molecule has 0 amide bonds. The summed E-state index contributed by atoms with van der Waals surface area (Å²) >= 11 is 0. The molecule has 1 aliphatic heterocycles. The van der Waals surface area contributed by atoms with Crippen LogP contribution in [0.4, 0.5) is 5.95 Å². The van der Waals surface area contributed by atoms with Crippen LogP contribution in [0.5, 0.6) is 0 Å². The highest BCUT2D eigenvalue weighted by Crippen LogP contribution is 2.22. The van der Waals surface area contributed by atoms with Crippen LogP contribution in [0.2, 0.25) is 0 Å². The molecule has 0 atom stereocenters. The van der Waals surface area contributed by atoms with E-state index in [1.807, 2.05) is 41.0 Å². The molecule has 36 heavy (non-hydrogen) atoms. The van der Waals surface area contributed by atoms with E-state index in [0.29, 0.717) is 17.7 Å². The molecule has 0 unspecified atom stereocenters. The molecule has 8 nitrogen and oxygen atoms in total. The first-order valence-electron chi connectivity index (χ1n) is 12.5. The number of H-pyrrole nitrogens is 1. The topological polar surface area (TPSA) is 79.2 Å². The zero-order valence-corrected chi connectivity index (χ0v) is 20.6. The third-order valence-electron chi connectivity index (χ3n) is 6.81. The highest BCUT2D eigenvalue weighted by molar-refractivity contribution is 5.74. The van der Waals surface area contributed by atoms with E-state index in [1.165, 1.54) is 15.7 Å². The number of rotatable bonds is 8. The van der Waals surface area contributed by atoms with Gasteiger partial charge in [0.25, 0.3) is 5.56 Å². The van der Waals surface area contributed by atoms with Crippen molar-refractivity contribution < 1.29 is 0 Å². The van der Waals surface area contributed by atoms with E-state index in [-0.39, 0.29) is 5.56 Å². The van der Waals surface area contributed by atoms with Gasteiger partial charge in [-0.2, -0.15) is 4.98 Å². The number of hydrogen-bond donors (Lipinski definition) is 1. The van der Waals surface area contributed by atoms with Crippen molar-refractivity contribution >= 4 is 23.2 Å². The van der Waals surface area contributed by atoms with Gasteiger partial charge < -0.3 is 9.47 Å². The Bertz CT molecular complexity index is 1440. The number of aromatic nitrogens is 4. The minimum absolute atomic E-state index is 0.378. The second-order valence-corrected chi connectivity index (χ2v) is 9.24. The molecule has 1 aliphatic rings. The summed E-state index contributed by atoms with van der Waals surface area (Å²) in [4.78, 5) is 37.0. The molecule has 0 bridgehead atoms. The Morgan fingerprint density at radius 1 is 0.944 bits per heavy atom. The van der Waals surface area contributed by atoms with Crippen LogP contribution < -0.4 is 16.1 Å². The predicted octanol–water partition coefficient (Wildman–Crippen LogP) is 2.89. The Kier molecular flexibility index (Phi) is 7.13. The van der Waals surface area contributed by atoms with Gasteiger partial charge in [0, 0.05) is 46.3 Å². The number of benzene rings is 2. The molecule has 1 fully saturated rings. The smallest absolute Gasteiger partial charge is 0.329 e. The summed E-state index contributed by atoms with van der Waals surface area (Å²) in [5, 5.41) is 0. The fourth-order valence-corrected chi connectivity index (χ4v) is 4.79. The van der Waals surface area contributed by atoms with Crippen molar-refractivity contribution in [1.82, 2.24) is 24.0 Å². The Labute approximate surface area is 210 Å². The number of aromatic amines is 1. The maximum atomic E-state index is 12.8. The standard InChI is InChI=1S/C28H32N6O2/c1-31-25-24(26(35)30-28(31)36)34(17-9-15-23-12-6-3-7-13-23)27(29-25)33-20-18-32(19-21-33)16-8-14-22-10-4-2-5-11-22/h2-8,10-14H,9,15-21H2,1H3,(H,30,35,36)/b14-8-. The second-order valence-electron chi connectivity index (χ2n) is 9.24. The summed E-state index contributed by atoms with van der Waals surface area (Å²) in [7, 11) is 1.66. The highest BCUT2D eigenvalue weighted by Gasteiger charge is 2.24. The first kappa shape index (κ1) is 23.8. The molecule has 0 aliphatic carbocycles. The molecule has 2 aromatic carbocycles. The van der Waals surface area contributed by atoms with Crippen LogP contribution in [0.15, 0.2) is 76.3 Å². The molecule has 1 saturated heterocycles. The second kappa shape index (κ2) is 10.8. The van der Waals surface area contributed by atoms with Crippen LogP contribution >= 0.6 is 0 Å². The zero-order valence-electron chi connectivity index (χ0n) is 20.6. The van der Waals surface area contributed by atoms with Crippen molar-refractivity contribution in [2.45, 2.75) is 19.4 Å². The lowest BCUT2D eigenvalue weighted by Crippen LogP contribution is -2.47. The molecule has 0 spiro atoms. The number of fused-ring (bicyclic) bond motifs is 1. The Balaban J connectivity index is 1.33. The number of anilines is 1. The predicted molar refractivity (Wildman–Crippen MR) is 144 cm³/mol. The van der Waals surface area contributed by atoms with Gasteiger partial charge in [0.1, 0.15) is 0 Å². The summed E-state index contributed by atoms with van der Waals surface area (Å²) in [5.41, 5.74) is 2.55. The molecule has 0 radical (unpaired) electrons. The summed E-state index contributed by atoms with van der Waals surface area (Å²) in [6.07, 6.45) is 6.14. The summed E-state index contributed by atoms with van der Waals surface area (Å²) < 4.78 is 3.43. The molecule has 0 saturated carbocycles. The lowest BCUT2D eigenvalue weighted by molar-refractivity contribution is 0.282. The van der Waals surface area contributed by atoms with Crippen molar-refractivity contribution in [3.8, 4) is 0 Å². The fraction of sp³-hybridized carbons (Fsp3) is 0.321. The van der Waals surface area contributed by atoms with Gasteiger partial charge in [-0.15, -0.1) is 0 Å². The van der Waals surface area contributed by atoms with Crippen molar-refractivity contribution in [3.05, 3.63) is 98.7 Å². The molecule has 4 aromatic rings. The molecule has 8 heteroatoms. The van der Waals surface area contributed by atoms with Gasteiger partial charge >= 0.3 is 5.69 Å². The summed E-state index contributed by atoms with van der Waals surface area (Å²) in [5.74, 6) is 0.768. The SMILES string of the molecule is Cn1c(=O)[nH]c(=O)c2c1nc(N1CCN(C/C=C\c3ccccc3)CC1)n2CCCc1ccccc1. The number of nitrogens with zero attached hydrogens (tertiary/aromatic N) is 5. The normalized spacial score (nSPS) is 14.8. The minimum Gasteiger partial charge on any atom is -0.340 e. The van der Waals surface area contributed by atoms with Crippen molar-refractivity contribution in [2.75, 3.05) is 37.6 Å². The summed E-state index contributed by atoms with van der Waals surface area (Å²) in [6.45, 7) is 4.98. The van der Waals surface area contributed by atoms with Gasteiger partial charge in [0.05, 0.1) is 0 Å². The van der Waals surface area contributed by atoms with E-state index in [9.17, 15) is 9.59 Å². The molecule has 2 aromatic heterocycles. The molecule has 186 valence electrons. The quantitative estimate of drug-likeness (QED) is 0.416. The first-order chi connectivity index (χ1) is 17.6. The van der Waals surface area contributed by atoms with E-state index in [1.54, 1.807) is 7.05 Å². The Morgan fingerprint density at radius 2 is 1.64 bits per heavy atom. The van der Waals surface area contributed by atoms with Gasteiger partial charge in [0.2, 0.25) is 5.95 Å². The molecule has 1 N–H and O–H groups in total. The van der Waals surface area contributed by atoms with Crippen molar-refractivity contribution in [3.63, 3.8) is 0 Å². The van der Waals surface area contributed by atoms with Crippen LogP contribution in [0.25, 0.3) is 17.2 Å². The molecule has 5 rings (SSSR count). The first-order valence-corrected chi connectivity index (χ1v) is 12.5. The van der Waals surface area contributed by atoms with Gasteiger partial charge in [-0.3, -0.25) is 19.2 Å². The van der Waals surface area contributed by atoms with Crippen molar-refractivity contribution in [1.29, 1.82) is 0 Å². The average Bonchev–Trinajstić information content (AvgIpc) is 3.29. The van der Waals surface area contributed by atoms with E-state index < -0.39 is 5.69 Å². The van der Waals surface area contributed by atoms with E-state index in [0.717, 1.165) is 51.5 Å². The Hall–Kier alpha value is -3.91. The van der Waals surface area contributed by atoms with Crippen LogP contribution in [0.1, 0.15) is 17.5 Å². The van der Waals surface area contributed by atoms with Gasteiger partial charge in [-0.25, -0.2) is 4.79 Å². The maximum Gasteiger partial charge on any atom is 0.329 e. The zero-order chi connectivity index (χ0) is 24.9. The van der Waals surface area contributed by atoms with Crippen LogP contribution in [0.3, 0.4) is 0 Å². The van der Waals surface area contributed by atoms with Crippen molar-refractivity contribution in [2.24, 2.45) is 7.05 Å². The van der Waals surface area contributed by atoms with Gasteiger partial charge in [-0.05, 0) is 24.0 Å². The number of nitrogens with one attached hydrogen (secondary N) is 1. The summed E-state index contributed by atoms with van der Waals surface area (Å²) in [6, 6.07) is 20.7. The molecular weight excluding hydrogens is 452 g/mol. The lowest BCUT2D eigenvalue weighted by atomic mass is 10.1. The number of imidazole rings is 1. The number of piperazine rings is 1. The van der Waals surface area contributed by atoms with Gasteiger partial charge in [-0.1, -0.05) is 72.8 Å². The minimum atomic E-state index is -0.442. The molecular formula is C28H32N6O2. The van der Waals surface area contributed by atoms with E-state index >= 15 is 0 Å². The van der Waals surface area contributed by atoms with Crippen LogP contribution in [-0.2, 0) is 20.0 Å².